The Hall–Kier alpha value is -1.54. The van der Waals surface area contributed by atoms with Crippen molar-refractivity contribution in [3.63, 3.8) is 0 Å². The molecule has 0 aliphatic rings. The molecule has 1 aromatic carbocycles. The van der Waals surface area contributed by atoms with E-state index in [0.29, 0.717) is 0 Å². The number of benzene rings is 1. The highest BCUT2D eigenvalue weighted by atomic mass is 35.5. The Morgan fingerprint density at radius 1 is 1.15 bits per heavy atom. The van der Waals surface area contributed by atoms with Gasteiger partial charge < -0.3 is 5.32 Å². The molecule has 0 unspecified atom stereocenters. The second-order valence-electron chi connectivity index (χ2n) is 3.07. The maximum Gasteiger partial charge on any atom is 0.0406 e. The molecule has 0 amide bonds. The normalized spacial score (nSPS) is 7.95. The quantitative estimate of drug-likeness (QED) is 0.567. The van der Waals surface area contributed by atoms with Crippen LogP contribution in [0, 0.1) is 6.92 Å². The maximum absolute atomic E-state index is 5.61. The Morgan fingerprint density at radius 3 is 1.90 bits per heavy atom. The van der Waals surface area contributed by atoms with Crippen LogP contribution in [0.5, 0.6) is 0 Å². The van der Waals surface area contributed by atoms with Crippen LogP contribution in [0.4, 0.5) is 0 Å². The van der Waals surface area contributed by atoms with Crippen molar-refractivity contribution in [2.45, 2.75) is 34.6 Å². The first-order chi connectivity index (χ1) is 9.60. The first kappa shape index (κ1) is 23.5. The fourth-order valence-electron chi connectivity index (χ4n) is 0.759. The highest BCUT2D eigenvalue weighted by Gasteiger charge is 1.81. The van der Waals surface area contributed by atoms with Crippen LogP contribution in [0.1, 0.15) is 33.3 Å². The molecule has 0 aliphatic heterocycles. The fraction of sp³-hybridized carbons (Fsp3) is 0.353. The minimum atomic E-state index is 0.801. The van der Waals surface area contributed by atoms with Crippen molar-refractivity contribution in [3.8, 4) is 0 Å². The van der Waals surface area contributed by atoms with Crippen LogP contribution in [-0.4, -0.2) is 13.8 Å². The maximum atomic E-state index is 5.61. The van der Waals surface area contributed by atoms with E-state index in [1.165, 1.54) is 5.56 Å². The van der Waals surface area contributed by atoms with E-state index in [9.17, 15) is 0 Å². The third-order valence-electron chi connectivity index (χ3n) is 1.71. The molecule has 0 saturated carbocycles. The van der Waals surface area contributed by atoms with Crippen LogP contribution in [0.25, 0.3) is 0 Å². The number of halogens is 1. The minimum absolute atomic E-state index is 0.801. The fourth-order valence-corrected chi connectivity index (χ4v) is 0.885. The smallest absolute Gasteiger partial charge is 0.0406 e. The van der Waals surface area contributed by atoms with Crippen LogP contribution in [0.3, 0.4) is 0 Å². The molecular weight excluding hydrogens is 268 g/mol. The lowest BCUT2D eigenvalue weighted by molar-refractivity contribution is 1.04. The predicted molar refractivity (Wildman–Crippen MR) is 95.8 cm³/mol. The predicted octanol–water partition coefficient (Wildman–Crippen LogP) is 5.63. The van der Waals surface area contributed by atoms with Crippen molar-refractivity contribution in [3.05, 3.63) is 59.4 Å². The Balaban J connectivity index is -0.000000231. The Bertz CT molecular complexity index is 333. The van der Waals surface area contributed by atoms with Crippen molar-refractivity contribution >= 4 is 18.3 Å². The van der Waals surface area contributed by atoms with E-state index in [2.05, 4.69) is 23.6 Å². The average molecular weight is 297 g/mol. The minimum Gasteiger partial charge on any atom is -0.389 e. The SMILES string of the molecule is C=N/C=C\C(=C)NC.CC.CC.Cc1ccc(Cl)cc1. The number of nitrogens with one attached hydrogen (secondary N) is 1. The van der Waals surface area contributed by atoms with E-state index in [1.54, 1.807) is 19.3 Å². The molecule has 0 radical (unpaired) electrons. The molecule has 0 aliphatic carbocycles. The van der Waals surface area contributed by atoms with E-state index in [0.717, 1.165) is 10.7 Å². The van der Waals surface area contributed by atoms with Gasteiger partial charge in [0.05, 0.1) is 0 Å². The van der Waals surface area contributed by atoms with Gasteiger partial charge in [-0.25, -0.2) is 0 Å². The summed E-state index contributed by atoms with van der Waals surface area (Å²) < 4.78 is 0. The van der Waals surface area contributed by atoms with Gasteiger partial charge in [-0.3, -0.25) is 4.99 Å². The molecule has 0 saturated heterocycles. The molecule has 20 heavy (non-hydrogen) atoms. The van der Waals surface area contributed by atoms with Crippen molar-refractivity contribution < 1.29 is 0 Å². The summed E-state index contributed by atoms with van der Waals surface area (Å²) in [7, 11) is 1.80. The van der Waals surface area contributed by atoms with Gasteiger partial charge >= 0.3 is 0 Å². The molecular formula is C17H29ClN2. The zero-order valence-electron chi connectivity index (χ0n) is 13.7. The molecule has 1 aromatic rings. The van der Waals surface area contributed by atoms with Gasteiger partial charge in [-0.2, -0.15) is 0 Å². The summed E-state index contributed by atoms with van der Waals surface area (Å²) in [5.41, 5.74) is 2.08. The highest BCUT2D eigenvalue weighted by Crippen LogP contribution is 2.07. The number of aliphatic imine (C=N–C) groups is 1. The molecule has 0 atom stereocenters. The van der Waals surface area contributed by atoms with Gasteiger partial charge in [-0.1, -0.05) is 63.6 Å². The molecule has 1 rings (SSSR count). The number of rotatable bonds is 3. The first-order valence-corrected chi connectivity index (χ1v) is 7.19. The van der Waals surface area contributed by atoms with Gasteiger partial charge in [0.25, 0.3) is 0 Å². The zero-order valence-corrected chi connectivity index (χ0v) is 14.5. The lowest BCUT2D eigenvalue weighted by atomic mass is 10.2. The zero-order chi connectivity index (χ0) is 16.4. The second kappa shape index (κ2) is 19.8. The molecule has 0 heterocycles. The molecule has 114 valence electrons. The second-order valence-corrected chi connectivity index (χ2v) is 3.51. The van der Waals surface area contributed by atoms with Crippen LogP contribution < -0.4 is 5.32 Å². The summed E-state index contributed by atoms with van der Waals surface area (Å²) in [5, 5.41) is 3.63. The van der Waals surface area contributed by atoms with E-state index in [1.807, 2.05) is 58.9 Å². The van der Waals surface area contributed by atoms with Crippen molar-refractivity contribution in [2.24, 2.45) is 4.99 Å². The standard InChI is InChI=1S/C7H7Cl.C6H10N2.2C2H6/c1-6-2-4-7(8)5-3-6;1-6(8-3)4-5-7-2;2*1-2/h2-5H,1H3;4-5,8H,1-2H2,3H3;2*1-2H3/b;5-4-;;. The molecule has 2 nitrogen and oxygen atoms in total. The van der Waals surface area contributed by atoms with E-state index < -0.39 is 0 Å². The van der Waals surface area contributed by atoms with E-state index >= 15 is 0 Å². The van der Waals surface area contributed by atoms with Crippen molar-refractivity contribution in [1.82, 2.24) is 5.32 Å². The lowest BCUT2D eigenvalue weighted by Gasteiger charge is -1.91. The first-order valence-electron chi connectivity index (χ1n) is 6.81. The van der Waals surface area contributed by atoms with Gasteiger partial charge in [0.1, 0.15) is 0 Å². The number of likely N-dealkylation sites (N-methyl/N-ethyl adjacent to an activating group) is 1. The van der Waals surface area contributed by atoms with Crippen LogP contribution in [0.15, 0.2) is 53.8 Å². The highest BCUT2D eigenvalue weighted by molar-refractivity contribution is 6.30. The number of aryl methyl sites for hydroxylation is 1. The molecule has 0 spiro atoms. The monoisotopic (exact) mass is 296 g/mol. The van der Waals surface area contributed by atoms with Gasteiger partial charge in [-0.15, -0.1) is 0 Å². The Morgan fingerprint density at radius 2 is 1.60 bits per heavy atom. The number of hydrogen-bond acceptors (Lipinski definition) is 2. The summed E-state index contributed by atoms with van der Waals surface area (Å²) in [6, 6.07) is 7.75. The summed E-state index contributed by atoms with van der Waals surface area (Å²) in [6.07, 6.45) is 3.33. The summed E-state index contributed by atoms with van der Waals surface area (Å²) in [4.78, 5) is 3.49. The third-order valence-corrected chi connectivity index (χ3v) is 1.97. The molecule has 3 heteroatoms. The van der Waals surface area contributed by atoms with E-state index in [4.69, 9.17) is 11.6 Å². The Kier molecular flexibility index (Phi) is 23.3. The van der Waals surface area contributed by atoms with Gasteiger partial charge in [-0.05, 0) is 31.9 Å². The summed E-state index contributed by atoms with van der Waals surface area (Å²) >= 11 is 5.61. The van der Waals surface area contributed by atoms with Gasteiger partial charge in [0.2, 0.25) is 0 Å². The lowest BCUT2D eigenvalue weighted by Crippen LogP contribution is -1.99. The van der Waals surface area contributed by atoms with Gasteiger partial charge in [0, 0.05) is 24.0 Å². The van der Waals surface area contributed by atoms with Crippen LogP contribution in [-0.2, 0) is 0 Å². The largest absolute Gasteiger partial charge is 0.389 e. The number of allylic oxidation sites excluding steroid dienone is 1. The van der Waals surface area contributed by atoms with Gasteiger partial charge in [0.15, 0.2) is 0 Å². The number of hydrogen-bond donors (Lipinski definition) is 1. The van der Waals surface area contributed by atoms with E-state index in [-0.39, 0.29) is 0 Å². The summed E-state index contributed by atoms with van der Waals surface area (Å²) in [6.45, 7) is 16.9. The third kappa shape index (κ3) is 18.8. The van der Waals surface area contributed by atoms with Crippen molar-refractivity contribution in [1.29, 1.82) is 0 Å². The summed E-state index contributed by atoms with van der Waals surface area (Å²) in [5.74, 6) is 0. The number of nitrogens with zero attached hydrogens (tertiary/aromatic N) is 1. The molecule has 0 fully saturated rings. The average Bonchev–Trinajstić information content (AvgIpc) is 2.52. The Labute approximate surface area is 130 Å². The molecule has 1 N–H and O–H groups in total. The topological polar surface area (TPSA) is 24.4 Å². The molecule has 0 bridgehead atoms. The molecule has 0 aromatic heterocycles. The van der Waals surface area contributed by atoms with Crippen LogP contribution in [0.2, 0.25) is 5.02 Å². The van der Waals surface area contributed by atoms with Crippen molar-refractivity contribution in [2.75, 3.05) is 7.05 Å². The van der Waals surface area contributed by atoms with Crippen LogP contribution >= 0.6 is 11.6 Å².